The van der Waals surface area contributed by atoms with Gasteiger partial charge in [-0.15, -0.1) is 0 Å². The van der Waals surface area contributed by atoms with Crippen LogP contribution in [-0.4, -0.2) is 55.8 Å². The van der Waals surface area contributed by atoms with Gasteiger partial charge in [0.2, 0.25) is 8.32 Å². The lowest BCUT2D eigenvalue weighted by molar-refractivity contribution is -0.136. The molecule has 5 atom stereocenters. The number of ether oxygens (including phenoxy) is 3. The van der Waals surface area contributed by atoms with Crippen molar-refractivity contribution >= 4 is 22.6 Å². The molecular weight excluding hydrogens is 525 g/mol. The van der Waals surface area contributed by atoms with Crippen LogP contribution in [0.15, 0.2) is 23.0 Å². The molecule has 0 aliphatic heterocycles. The number of esters is 1. The van der Waals surface area contributed by atoms with E-state index in [1.165, 1.54) is 12.7 Å². The zero-order valence-corrected chi connectivity index (χ0v) is 29.1. The minimum absolute atomic E-state index is 0.00463. The SMILES string of the molecule is COCO[C@H]1CC[C@@H]2[C@@H]3CC(O[Si](C)(C)C(C)(C)C)=C(C(=O)OC)CC=C3[C@H](O[Si](C)(C)C(C)(C)C)C[C@]12C. The van der Waals surface area contributed by atoms with Crippen LogP contribution in [0.4, 0.5) is 0 Å². The summed E-state index contributed by atoms with van der Waals surface area (Å²) in [5.74, 6) is 1.20. The van der Waals surface area contributed by atoms with Gasteiger partial charge in [-0.1, -0.05) is 54.5 Å². The second kappa shape index (κ2) is 11.4. The van der Waals surface area contributed by atoms with Crippen molar-refractivity contribution < 1.29 is 27.9 Å². The molecule has 8 heteroatoms. The van der Waals surface area contributed by atoms with Gasteiger partial charge in [0, 0.05) is 20.0 Å². The smallest absolute Gasteiger partial charge is 0.337 e. The Labute approximate surface area is 240 Å². The number of hydrogen-bond donors (Lipinski definition) is 0. The molecular formula is C31H56O6Si2. The molecule has 0 bridgehead atoms. The lowest BCUT2D eigenvalue weighted by Gasteiger charge is -2.52. The zero-order valence-electron chi connectivity index (χ0n) is 27.1. The van der Waals surface area contributed by atoms with Gasteiger partial charge in [-0.05, 0) is 78.4 Å². The topological polar surface area (TPSA) is 63.2 Å². The van der Waals surface area contributed by atoms with Crippen molar-refractivity contribution in [3.63, 3.8) is 0 Å². The number of fused-ring (bicyclic) bond motifs is 3. The maximum absolute atomic E-state index is 13.1. The molecule has 0 aromatic rings. The molecule has 3 aliphatic carbocycles. The van der Waals surface area contributed by atoms with Gasteiger partial charge in [0.25, 0.3) is 0 Å². The van der Waals surface area contributed by atoms with Crippen LogP contribution in [0.3, 0.4) is 0 Å². The molecule has 0 aromatic heterocycles. The Morgan fingerprint density at radius 1 is 1.00 bits per heavy atom. The predicted octanol–water partition coefficient (Wildman–Crippen LogP) is 7.97. The van der Waals surface area contributed by atoms with Gasteiger partial charge in [0.15, 0.2) is 8.32 Å². The monoisotopic (exact) mass is 580 g/mol. The summed E-state index contributed by atoms with van der Waals surface area (Å²) < 4.78 is 31.1. The van der Waals surface area contributed by atoms with E-state index in [1.807, 2.05) is 0 Å². The van der Waals surface area contributed by atoms with Crippen LogP contribution in [0.25, 0.3) is 0 Å². The van der Waals surface area contributed by atoms with Gasteiger partial charge in [-0.25, -0.2) is 4.79 Å². The van der Waals surface area contributed by atoms with Crippen LogP contribution in [-0.2, 0) is 27.9 Å². The molecule has 0 aromatic carbocycles. The number of methoxy groups -OCH3 is 2. The fraction of sp³-hybridized carbons (Fsp3) is 0.839. The van der Waals surface area contributed by atoms with Gasteiger partial charge in [-0.2, -0.15) is 0 Å². The first-order valence-electron chi connectivity index (χ1n) is 14.8. The van der Waals surface area contributed by atoms with Crippen LogP contribution in [0.1, 0.15) is 80.6 Å². The third-order valence-corrected chi connectivity index (χ3v) is 19.6. The first-order chi connectivity index (χ1) is 17.8. The van der Waals surface area contributed by atoms with E-state index in [-0.39, 0.29) is 39.6 Å². The largest absolute Gasteiger partial charge is 0.546 e. The van der Waals surface area contributed by atoms with Crippen molar-refractivity contribution in [1.82, 2.24) is 0 Å². The molecule has 0 unspecified atom stereocenters. The maximum atomic E-state index is 13.1. The first kappa shape index (κ1) is 32.6. The lowest BCUT2D eigenvalue weighted by atomic mass is 9.60. The van der Waals surface area contributed by atoms with Crippen LogP contribution < -0.4 is 0 Å². The van der Waals surface area contributed by atoms with Crippen LogP contribution in [0.5, 0.6) is 0 Å². The van der Waals surface area contributed by atoms with E-state index in [4.69, 9.17) is 23.1 Å². The molecule has 224 valence electrons. The highest BCUT2D eigenvalue weighted by Crippen LogP contribution is 2.60. The van der Waals surface area contributed by atoms with E-state index in [0.717, 1.165) is 25.0 Å². The Morgan fingerprint density at radius 3 is 2.15 bits per heavy atom. The molecule has 0 spiro atoms. The lowest BCUT2D eigenvalue weighted by Crippen LogP contribution is -2.52. The summed E-state index contributed by atoms with van der Waals surface area (Å²) in [6, 6.07) is 0. The highest BCUT2D eigenvalue weighted by molar-refractivity contribution is 6.74. The normalized spacial score (nSPS) is 30.3. The van der Waals surface area contributed by atoms with Gasteiger partial charge in [0.05, 0.1) is 30.6 Å². The van der Waals surface area contributed by atoms with Crippen LogP contribution in [0, 0.1) is 17.3 Å². The Hall–Kier alpha value is -0.936. The molecule has 3 aliphatic rings. The average Bonchev–Trinajstić information content (AvgIpc) is 3.00. The number of carbonyl (C=O) groups excluding carboxylic acids is 1. The molecule has 6 nitrogen and oxygen atoms in total. The predicted molar refractivity (Wildman–Crippen MR) is 162 cm³/mol. The van der Waals surface area contributed by atoms with Crippen molar-refractivity contribution in [1.29, 1.82) is 0 Å². The van der Waals surface area contributed by atoms with Gasteiger partial charge in [-0.3, -0.25) is 0 Å². The fourth-order valence-electron chi connectivity index (χ4n) is 6.31. The maximum Gasteiger partial charge on any atom is 0.337 e. The minimum Gasteiger partial charge on any atom is -0.546 e. The number of allylic oxidation sites excluding steroid dienone is 2. The number of rotatable bonds is 8. The van der Waals surface area contributed by atoms with Crippen molar-refractivity contribution in [2.24, 2.45) is 17.3 Å². The van der Waals surface area contributed by atoms with E-state index < -0.39 is 16.6 Å². The van der Waals surface area contributed by atoms with Crippen molar-refractivity contribution in [2.75, 3.05) is 21.0 Å². The van der Waals surface area contributed by atoms with Crippen LogP contribution >= 0.6 is 0 Å². The Morgan fingerprint density at radius 2 is 1.62 bits per heavy atom. The molecule has 0 N–H and O–H groups in total. The molecule has 3 rings (SSSR count). The summed E-state index contributed by atoms with van der Waals surface area (Å²) in [6.07, 6.45) is 6.64. The standard InChI is InChI=1S/C31H56O6Si2/c1-29(2,3)38(10,11)36-25-18-23-21(14-15-22(25)28(32)34-9)26(37-39(12,13)30(4,5)6)19-31(7)24(23)16-17-27(31)35-20-33-8/h14,23-24,26-27H,15-20H2,1-13H3/t23-,24-,26-,27+,31+/m1/s1. The van der Waals surface area contributed by atoms with Crippen LogP contribution in [0.2, 0.25) is 36.3 Å². The third-order valence-electron chi connectivity index (χ3n) is 10.8. The molecule has 0 radical (unpaired) electrons. The Bertz CT molecular complexity index is 971. The summed E-state index contributed by atoms with van der Waals surface area (Å²) in [5.41, 5.74) is 1.97. The Balaban J connectivity index is 2.11. The highest BCUT2D eigenvalue weighted by Gasteiger charge is 2.58. The summed E-state index contributed by atoms with van der Waals surface area (Å²) in [4.78, 5) is 13.1. The second-order valence-electron chi connectivity index (χ2n) is 15.3. The Kier molecular flexibility index (Phi) is 9.51. The van der Waals surface area contributed by atoms with E-state index in [1.54, 1.807) is 7.11 Å². The fourth-order valence-corrected chi connectivity index (χ4v) is 8.72. The first-order valence-corrected chi connectivity index (χ1v) is 20.6. The van der Waals surface area contributed by atoms with Crippen molar-refractivity contribution in [2.45, 2.75) is 129 Å². The van der Waals surface area contributed by atoms with E-state index >= 15 is 0 Å². The summed E-state index contributed by atoms with van der Waals surface area (Å²) >= 11 is 0. The van der Waals surface area contributed by atoms with Gasteiger partial charge < -0.3 is 23.1 Å². The zero-order chi connectivity index (χ0) is 29.6. The van der Waals surface area contributed by atoms with E-state index in [2.05, 4.69) is 80.7 Å². The molecule has 39 heavy (non-hydrogen) atoms. The average molecular weight is 581 g/mol. The summed E-state index contributed by atoms with van der Waals surface area (Å²) in [7, 11) is -1.10. The van der Waals surface area contributed by atoms with Crippen molar-refractivity contribution in [3.05, 3.63) is 23.0 Å². The van der Waals surface area contributed by atoms with E-state index in [9.17, 15) is 4.79 Å². The number of carbonyl (C=O) groups is 1. The molecule has 2 fully saturated rings. The van der Waals surface area contributed by atoms with Gasteiger partial charge in [0.1, 0.15) is 6.79 Å². The summed E-state index contributed by atoms with van der Waals surface area (Å²) in [5, 5.41) is 0.116. The molecule has 0 saturated heterocycles. The van der Waals surface area contributed by atoms with E-state index in [0.29, 0.717) is 31.1 Å². The third kappa shape index (κ3) is 6.45. The number of hydrogen-bond acceptors (Lipinski definition) is 6. The molecule has 0 amide bonds. The highest BCUT2D eigenvalue weighted by atomic mass is 28.4. The molecule has 0 heterocycles. The molecule has 2 saturated carbocycles. The minimum atomic E-state index is -2.19. The van der Waals surface area contributed by atoms with Gasteiger partial charge >= 0.3 is 5.97 Å². The van der Waals surface area contributed by atoms with Crippen molar-refractivity contribution in [3.8, 4) is 0 Å². The quantitative estimate of drug-likeness (QED) is 0.126. The second-order valence-corrected chi connectivity index (χ2v) is 24.8. The summed E-state index contributed by atoms with van der Waals surface area (Å²) in [6.45, 7) is 25.5.